The van der Waals surface area contributed by atoms with Crippen molar-refractivity contribution in [3.63, 3.8) is 0 Å². The number of para-hydroxylation sites is 2. The van der Waals surface area contributed by atoms with Crippen LogP contribution in [0.1, 0.15) is 18.4 Å². The summed E-state index contributed by atoms with van der Waals surface area (Å²) in [7, 11) is 3.76. The zero-order valence-electron chi connectivity index (χ0n) is 18.9. The zero-order chi connectivity index (χ0) is 22.9. The van der Waals surface area contributed by atoms with Gasteiger partial charge in [-0.25, -0.2) is 14.4 Å². The minimum Gasteiger partial charge on any atom is -0.342 e. The number of fused-ring (bicyclic) bond motifs is 1. The molecule has 33 heavy (non-hydrogen) atoms. The van der Waals surface area contributed by atoms with Crippen LogP contribution in [0, 0.1) is 5.82 Å². The number of piperidine rings is 1. The summed E-state index contributed by atoms with van der Waals surface area (Å²) in [4.78, 5) is 25.8. The molecule has 1 saturated heterocycles. The Balaban J connectivity index is 1.38. The molecule has 2 aromatic carbocycles. The first-order valence-corrected chi connectivity index (χ1v) is 11.2. The maximum atomic E-state index is 13.4. The molecule has 7 nitrogen and oxygen atoms in total. The number of hydrogen-bond acceptors (Lipinski definition) is 5. The van der Waals surface area contributed by atoms with Gasteiger partial charge in [0, 0.05) is 45.5 Å². The van der Waals surface area contributed by atoms with Gasteiger partial charge in [0.05, 0.1) is 17.6 Å². The zero-order valence-corrected chi connectivity index (χ0v) is 18.9. The SMILES string of the molecule is CN(c1nccc(=O)n1C)C1CCN(c2nc3ccccc3n2Cc2ccc(F)cc2)CC1. The molecule has 170 valence electrons. The lowest BCUT2D eigenvalue weighted by molar-refractivity contribution is 0.465. The van der Waals surface area contributed by atoms with Gasteiger partial charge in [-0.05, 0) is 42.7 Å². The third-order valence-electron chi connectivity index (χ3n) is 6.54. The molecule has 8 heteroatoms. The lowest BCUT2D eigenvalue weighted by Crippen LogP contribution is -2.45. The summed E-state index contributed by atoms with van der Waals surface area (Å²) in [6.07, 6.45) is 3.43. The first-order chi connectivity index (χ1) is 16.0. The highest BCUT2D eigenvalue weighted by molar-refractivity contribution is 5.79. The molecule has 1 aliphatic heterocycles. The standard InChI is InChI=1S/C25H27FN6O/c1-29(24-27-14-11-23(33)30(24)2)20-12-15-31(16-13-20)25-28-21-5-3-4-6-22(21)32(25)17-18-7-9-19(26)10-8-18/h3-11,14,20H,12-13,15-17H2,1-2H3. The van der Waals surface area contributed by atoms with Gasteiger partial charge < -0.3 is 14.4 Å². The van der Waals surface area contributed by atoms with Crippen LogP contribution in [0.2, 0.25) is 0 Å². The van der Waals surface area contributed by atoms with Gasteiger partial charge in [-0.3, -0.25) is 9.36 Å². The van der Waals surface area contributed by atoms with E-state index >= 15 is 0 Å². The molecule has 0 atom stereocenters. The fraction of sp³-hybridized carbons (Fsp3) is 0.320. The molecule has 0 unspecified atom stereocenters. The maximum absolute atomic E-state index is 13.4. The molecule has 0 radical (unpaired) electrons. The highest BCUT2D eigenvalue weighted by Crippen LogP contribution is 2.28. The number of benzene rings is 2. The smallest absolute Gasteiger partial charge is 0.254 e. The van der Waals surface area contributed by atoms with Gasteiger partial charge in [0.1, 0.15) is 5.82 Å². The second kappa shape index (κ2) is 8.69. The summed E-state index contributed by atoms with van der Waals surface area (Å²) in [5.74, 6) is 1.39. The van der Waals surface area contributed by atoms with Gasteiger partial charge in [-0.1, -0.05) is 24.3 Å². The van der Waals surface area contributed by atoms with Crippen LogP contribution >= 0.6 is 0 Å². The first-order valence-electron chi connectivity index (χ1n) is 11.2. The van der Waals surface area contributed by atoms with Crippen molar-refractivity contribution in [2.24, 2.45) is 7.05 Å². The number of anilines is 2. The topological polar surface area (TPSA) is 59.2 Å². The van der Waals surface area contributed by atoms with Crippen LogP contribution in [0.5, 0.6) is 0 Å². The van der Waals surface area contributed by atoms with Crippen molar-refractivity contribution in [2.45, 2.75) is 25.4 Å². The summed E-state index contributed by atoms with van der Waals surface area (Å²) >= 11 is 0. The minimum atomic E-state index is -0.230. The lowest BCUT2D eigenvalue weighted by atomic mass is 10.0. The van der Waals surface area contributed by atoms with Gasteiger partial charge in [0.15, 0.2) is 0 Å². The van der Waals surface area contributed by atoms with E-state index in [-0.39, 0.29) is 17.4 Å². The van der Waals surface area contributed by atoms with Crippen molar-refractivity contribution >= 4 is 22.9 Å². The van der Waals surface area contributed by atoms with E-state index in [0.29, 0.717) is 12.5 Å². The van der Waals surface area contributed by atoms with Crippen LogP contribution in [0.25, 0.3) is 11.0 Å². The summed E-state index contributed by atoms with van der Waals surface area (Å²) in [6, 6.07) is 16.5. The van der Waals surface area contributed by atoms with E-state index in [1.54, 1.807) is 17.8 Å². The minimum absolute atomic E-state index is 0.0567. The van der Waals surface area contributed by atoms with Crippen molar-refractivity contribution in [1.29, 1.82) is 0 Å². The number of hydrogen-bond donors (Lipinski definition) is 0. The van der Waals surface area contributed by atoms with Gasteiger partial charge in [-0.2, -0.15) is 0 Å². The van der Waals surface area contributed by atoms with E-state index in [0.717, 1.165) is 48.5 Å². The van der Waals surface area contributed by atoms with Gasteiger partial charge in [0.25, 0.3) is 5.56 Å². The normalized spacial score (nSPS) is 14.7. The summed E-state index contributed by atoms with van der Waals surface area (Å²) in [5, 5.41) is 0. The van der Waals surface area contributed by atoms with E-state index in [9.17, 15) is 9.18 Å². The summed E-state index contributed by atoms with van der Waals surface area (Å²) < 4.78 is 17.2. The van der Waals surface area contributed by atoms with Crippen molar-refractivity contribution in [3.05, 3.63) is 82.5 Å². The quantitative estimate of drug-likeness (QED) is 0.470. The average Bonchev–Trinajstić information content (AvgIpc) is 3.20. The predicted molar refractivity (Wildman–Crippen MR) is 128 cm³/mol. The van der Waals surface area contributed by atoms with E-state index in [1.165, 1.54) is 18.2 Å². The Morgan fingerprint density at radius 1 is 1.06 bits per heavy atom. The Hall–Kier alpha value is -3.68. The van der Waals surface area contributed by atoms with Crippen LogP contribution in [-0.4, -0.2) is 45.3 Å². The fourth-order valence-electron chi connectivity index (χ4n) is 4.64. The van der Waals surface area contributed by atoms with Crippen molar-refractivity contribution in [3.8, 4) is 0 Å². The lowest BCUT2D eigenvalue weighted by Gasteiger charge is -2.38. The number of nitrogens with zero attached hydrogens (tertiary/aromatic N) is 6. The van der Waals surface area contributed by atoms with Crippen LogP contribution < -0.4 is 15.4 Å². The first kappa shape index (κ1) is 21.2. The van der Waals surface area contributed by atoms with Gasteiger partial charge >= 0.3 is 0 Å². The van der Waals surface area contributed by atoms with Crippen LogP contribution in [0.15, 0.2) is 65.6 Å². The summed E-state index contributed by atoms with van der Waals surface area (Å²) in [6.45, 7) is 2.33. The van der Waals surface area contributed by atoms with Crippen molar-refractivity contribution in [2.75, 3.05) is 29.9 Å². The second-order valence-electron chi connectivity index (χ2n) is 8.58. The van der Waals surface area contributed by atoms with Crippen molar-refractivity contribution in [1.82, 2.24) is 19.1 Å². The number of aromatic nitrogens is 4. The molecule has 0 saturated carbocycles. The third kappa shape index (κ3) is 4.08. The third-order valence-corrected chi connectivity index (χ3v) is 6.54. The Morgan fingerprint density at radius 2 is 1.79 bits per heavy atom. The van der Waals surface area contributed by atoms with E-state index in [1.807, 2.05) is 37.4 Å². The van der Waals surface area contributed by atoms with E-state index in [4.69, 9.17) is 4.98 Å². The Bertz CT molecular complexity index is 1320. The van der Waals surface area contributed by atoms with E-state index in [2.05, 4.69) is 25.4 Å². The maximum Gasteiger partial charge on any atom is 0.254 e. The molecule has 0 amide bonds. The number of imidazole rings is 1. The highest BCUT2D eigenvalue weighted by atomic mass is 19.1. The largest absolute Gasteiger partial charge is 0.342 e. The monoisotopic (exact) mass is 446 g/mol. The predicted octanol–water partition coefficient (Wildman–Crippen LogP) is 3.42. The van der Waals surface area contributed by atoms with Crippen molar-refractivity contribution < 1.29 is 4.39 Å². The molecule has 0 aliphatic carbocycles. The number of rotatable bonds is 5. The Labute approximate surface area is 191 Å². The molecule has 5 rings (SSSR count). The average molecular weight is 447 g/mol. The molecule has 0 spiro atoms. The number of halogens is 1. The molecular formula is C25H27FN6O. The molecular weight excluding hydrogens is 419 g/mol. The second-order valence-corrected chi connectivity index (χ2v) is 8.58. The molecule has 4 aromatic rings. The molecule has 1 fully saturated rings. The highest BCUT2D eigenvalue weighted by Gasteiger charge is 2.27. The molecule has 1 aliphatic rings. The van der Waals surface area contributed by atoms with Crippen LogP contribution in [0.4, 0.5) is 16.3 Å². The molecule has 3 heterocycles. The Kier molecular flexibility index (Phi) is 5.58. The molecule has 0 N–H and O–H groups in total. The molecule has 0 bridgehead atoms. The fourth-order valence-corrected chi connectivity index (χ4v) is 4.64. The van der Waals surface area contributed by atoms with E-state index < -0.39 is 0 Å². The van der Waals surface area contributed by atoms with Crippen LogP contribution in [-0.2, 0) is 13.6 Å². The van der Waals surface area contributed by atoms with Gasteiger partial charge in [0.2, 0.25) is 11.9 Å². The van der Waals surface area contributed by atoms with Crippen LogP contribution in [0.3, 0.4) is 0 Å². The van der Waals surface area contributed by atoms with Gasteiger partial charge in [-0.15, -0.1) is 0 Å². The molecule has 2 aromatic heterocycles. The Morgan fingerprint density at radius 3 is 2.55 bits per heavy atom. The summed E-state index contributed by atoms with van der Waals surface area (Å²) in [5.41, 5.74) is 3.00.